The van der Waals surface area contributed by atoms with Crippen molar-refractivity contribution >= 4 is 46.7 Å². The van der Waals surface area contributed by atoms with Crippen LogP contribution in [0.3, 0.4) is 0 Å². The van der Waals surface area contributed by atoms with Crippen LogP contribution in [0.5, 0.6) is 0 Å². The van der Waals surface area contributed by atoms with E-state index in [9.17, 15) is 4.79 Å². The number of amides is 2. The number of hydrogen-bond donors (Lipinski definition) is 2. The van der Waals surface area contributed by atoms with E-state index < -0.39 is 6.03 Å². The molecule has 1 aliphatic heterocycles. The molecule has 0 atom stereocenters. The minimum absolute atomic E-state index is 0.0138. The molecule has 0 aromatic heterocycles. The first kappa shape index (κ1) is 11.6. The number of nitrogens with one attached hydrogen (secondary N) is 2. The Bertz CT molecular complexity index is 299. The van der Waals surface area contributed by atoms with E-state index in [4.69, 9.17) is 40.2 Å². The third kappa shape index (κ3) is 2.32. The summed E-state index contributed by atoms with van der Waals surface area (Å²) in [4.78, 5) is 12.5. The van der Waals surface area contributed by atoms with E-state index in [2.05, 4.69) is 5.32 Å². The fourth-order valence-corrected chi connectivity index (χ4v) is 1.43. The fourth-order valence-electron chi connectivity index (χ4n) is 1.04. The molecule has 1 heterocycles. The molecule has 7 heteroatoms. The van der Waals surface area contributed by atoms with E-state index in [1.54, 1.807) is 0 Å². The van der Waals surface area contributed by atoms with Gasteiger partial charge in [0.2, 0.25) is 0 Å². The van der Waals surface area contributed by atoms with Crippen molar-refractivity contribution in [2.24, 2.45) is 0 Å². The van der Waals surface area contributed by atoms with E-state index in [1.165, 1.54) is 4.90 Å². The Hall–Kier alpha value is -0.450. The first-order valence-corrected chi connectivity index (χ1v) is 5.15. The van der Waals surface area contributed by atoms with E-state index in [1.807, 2.05) is 0 Å². The van der Waals surface area contributed by atoms with Gasteiger partial charge in [-0.15, -0.1) is 11.6 Å². The molecule has 0 aromatic rings. The maximum absolute atomic E-state index is 11.3. The van der Waals surface area contributed by atoms with Gasteiger partial charge in [0.1, 0.15) is 10.2 Å². The molecule has 1 aliphatic rings. The van der Waals surface area contributed by atoms with Crippen LogP contribution in [-0.2, 0) is 0 Å². The van der Waals surface area contributed by atoms with Crippen molar-refractivity contribution in [1.82, 2.24) is 10.2 Å². The second-order valence-corrected chi connectivity index (χ2v) is 3.94. The molecule has 0 saturated carbocycles. The summed E-state index contributed by atoms with van der Waals surface area (Å²) in [6, 6.07) is -0.395. The highest BCUT2D eigenvalue weighted by molar-refractivity contribution is 6.57. The summed E-state index contributed by atoms with van der Waals surface area (Å²) in [5.74, 6) is 0.421. The average Bonchev–Trinajstić information content (AvgIpc) is 2.40. The van der Waals surface area contributed by atoms with Gasteiger partial charge in [0.15, 0.2) is 5.84 Å². The van der Waals surface area contributed by atoms with Crippen LogP contribution < -0.4 is 5.32 Å². The van der Waals surface area contributed by atoms with Crippen LogP contribution in [0.2, 0.25) is 0 Å². The molecule has 4 nitrogen and oxygen atoms in total. The minimum Gasteiger partial charge on any atom is -0.302 e. The lowest BCUT2D eigenvalue weighted by Gasteiger charge is -2.11. The van der Waals surface area contributed by atoms with Crippen LogP contribution in [0.25, 0.3) is 0 Å². The lowest BCUT2D eigenvalue weighted by Crippen LogP contribution is -2.31. The number of alkyl halides is 1. The first-order chi connectivity index (χ1) is 6.57. The zero-order valence-corrected chi connectivity index (χ0v) is 9.38. The first-order valence-electron chi connectivity index (χ1n) is 3.86. The third-order valence-electron chi connectivity index (χ3n) is 1.69. The molecule has 0 aromatic carbocycles. The summed E-state index contributed by atoms with van der Waals surface area (Å²) in [5, 5.41) is 9.97. The SMILES string of the molecule is N=C1C(=C(Cl)Cl)NC(=O)N1CCCCl. The summed E-state index contributed by atoms with van der Waals surface area (Å²) in [6.07, 6.45) is 0.616. The van der Waals surface area contributed by atoms with Crippen molar-refractivity contribution in [2.45, 2.75) is 6.42 Å². The maximum Gasteiger partial charge on any atom is 0.327 e. The number of carbonyl (C=O) groups is 1. The van der Waals surface area contributed by atoms with Gasteiger partial charge < -0.3 is 5.32 Å². The summed E-state index contributed by atoms with van der Waals surface area (Å²) in [7, 11) is 0. The molecular weight excluding hydrogens is 248 g/mol. The van der Waals surface area contributed by atoms with Crippen LogP contribution in [0.15, 0.2) is 10.2 Å². The monoisotopic (exact) mass is 255 g/mol. The van der Waals surface area contributed by atoms with Crippen molar-refractivity contribution < 1.29 is 4.79 Å². The second kappa shape index (κ2) is 4.87. The smallest absolute Gasteiger partial charge is 0.302 e. The molecular formula is C7H8Cl3N3O. The Morgan fingerprint density at radius 1 is 1.50 bits per heavy atom. The molecule has 0 aliphatic carbocycles. The molecule has 0 unspecified atom stereocenters. The lowest BCUT2D eigenvalue weighted by molar-refractivity contribution is 0.228. The fraction of sp³-hybridized carbons (Fsp3) is 0.429. The van der Waals surface area contributed by atoms with Crippen LogP contribution >= 0.6 is 34.8 Å². The molecule has 1 saturated heterocycles. The van der Waals surface area contributed by atoms with Gasteiger partial charge in [-0.1, -0.05) is 23.2 Å². The van der Waals surface area contributed by atoms with Crippen LogP contribution in [0.1, 0.15) is 6.42 Å². The largest absolute Gasteiger partial charge is 0.327 e. The Morgan fingerprint density at radius 3 is 2.57 bits per heavy atom. The summed E-state index contributed by atoms with van der Waals surface area (Å²) >= 11 is 16.4. The van der Waals surface area contributed by atoms with Gasteiger partial charge in [-0.05, 0) is 6.42 Å². The molecule has 0 bridgehead atoms. The number of rotatable bonds is 3. The summed E-state index contributed by atoms with van der Waals surface area (Å²) in [6.45, 7) is 0.388. The molecule has 2 amide bonds. The van der Waals surface area contributed by atoms with Gasteiger partial charge in [-0.3, -0.25) is 10.3 Å². The quantitative estimate of drug-likeness (QED) is 0.748. The molecule has 14 heavy (non-hydrogen) atoms. The van der Waals surface area contributed by atoms with Crippen molar-refractivity contribution in [1.29, 1.82) is 5.41 Å². The number of urea groups is 1. The van der Waals surface area contributed by atoms with Gasteiger partial charge in [0.05, 0.1) is 0 Å². The number of amidine groups is 1. The maximum atomic E-state index is 11.3. The van der Waals surface area contributed by atoms with E-state index in [0.717, 1.165) is 0 Å². The highest BCUT2D eigenvalue weighted by Gasteiger charge is 2.31. The summed E-state index contributed by atoms with van der Waals surface area (Å²) < 4.78 is -0.114. The van der Waals surface area contributed by atoms with Crippen molar-refractivity contribution in [3.8, 4) is 0 Å². The van der Waals surface area contributed by atoms with E-state index in [-0.39, 0.29) is 16.0 Å². The number of carbonyl (C=O) groups excluding carboxylic acids is 1. The van der Waals surface area contributed by atoms with Gasteiger partial charge in [0.25, 0.3) is 0 Å². The minimum atomic E-state index is -0.395. The zero-order chi connectivity index (χ0) is 10.7. The van der Waals surface area contributed by atoms with Crippen LogP contribution in [0, 0.1) is 5.41 Å². The Balaban J connectivity index is 2.76. The topological polar surface area (TPSA) is 56.2 Å². The van der Waals surface area contributed by atoms with Gasteiger partial charge in [-0.2, -0.15) is 0 Å². The zero-order valence-electron chi connectivity index (χ0n) is 7.11. The standard InChI is InChI=1S/C7H8Cl3N3O/c8-2-1-3-13-6(11)4(5(9)10)12-7(13)14/h11H,1-3H2,(H,12,14). The molecule has 0 spiro atoms. The highest BCUT2D eigenvalue weighted by Crippen LogP contribution is 2.19. The van der Waals surface area contributed by atoms with Gasteiger partial charge >= 0.3 is 6.03 Å². The molecule has 78 valence electrons. The Labute approximate surface area is 96.3 Å². The normalized spacial score (nSPS) is 16.2. The lowest BCUT2D eigenvalue weighted by atomic mass is 10.4. The van der Waals surface area contributed by atoms with Crippen LogP contribution in [-0.4, -0.2) is 29.2 Å². The Kier molecular flexibility index (Phi) is 4.04. The number of nitrogens with zero attached hydrogens (tertiary/aromatic N) is 1. The number of hydrogen-bond acceptors (Lipinski definition) is 2. The van der Waals surface area contributed by atoms with Crippen molar-refractivity contribution in [3.05, 3.63) is 10.2 Å². The third-order valence-corrected chi connectivity index (χ3v) is 2.33. The predicted molar refractivity (Wildman–Crippen MR) is 57.0 cm³/mol. The van der Waals surface area contributed by atoms with Crippen molar-refractivity contribution in [2.75, 3.05) is 12.4 Å². The molecule has 1 rings (SSSR count). The Morgan fingerprint density at radius 2 is 2.14 bits per heavy atom. The molecule has 1 fully saturated rings. The predicted octanol–water partition coefficient (Wildman–Crippen LogP) is 2.26. The molecule has 0 radical (unpaired) electrons. The highest BCUT2D eigenvalue weighted by atomic mass is 35.5. The summed E-state index contributed by atoms with van der Waals surface area (Å²) in [5.41, 5.74) is 0.146. The van der Waals surface area contributed by atoms with Crippen molar-refractivity contribution in [3.63, 3.8) is 0 Å². The van der Waals surface area contributed by atoms with Gasteiger partial charge in [-0.25, -0.2) is 4.79 Å². The van der Waals surface area contributed by atoms with Crippen LogP contribution in [0.4, 0.5) is 4.79 Å². The van der Waals surface area contributed by atoms with E-state index in [0.29, 0.717) is 18.8 Å². The van der Waals surface area contributed by atoms with E-state index >= 15 is 0 Å². The molecule has 2 N–H and O–H groups in total. The number of halogens is 3. The van der Waals surface area contributed by atoms with Gasteiger partial charge in [0, 0.05) is 12.4 Å². The average molecular weight is 257 g/mol. The second-order valence-electron chi connectivity index (χ2n) is 2.61.